The molecule has 0 saturated heterocycles. The van der Waals surface area contributed by atoms with Crippen LogP contribution in [0.2, 0.25) is 0 Å². The molecule has 0 saturated carbocycles. The minimum absolute atomic E-state index is 0.389. The number of aryl methyl sites for hydroxylation is 1. The predicted molar refractivity (Wildman–Crippen MR) is 80.3 cm³/mol. The summed E-state index contributed by atoms with van der Waals surface area (Å²) >= 11 is 3.64. The number of hydrogen-bond acceptors (Lipinski definition) is 4. The van der Waals surface area contributed by atoms with Crippen LogP contribution in [-0.4, -0.2) is 12.0 Å². The Balaban J connectivity index is 1.96. The van der Waals surface area contributed by atoms with Gasteiger partial charge in [-0.05, 0) is 33.0 Å². The highest BCUT2D eigenvalue weighted by Gasteiger charge is 2.08. The molecule has 2 nitrogen and oxygen atoms in total. The van der Waals surface area contributed by atoms with Crippen LogP contribution in [0.15, 0.2) is 35.4 Å². The fraction of sp³-hybridized carbons (Fsp3) is 0.357. The van der Waals surface area contributed by atoms with Gasteiger partial charge in [0.25, 0.3) is 0 Å². The molecule has 0 amide bonds. The predicted octanol–water partition coefficient (Wildman–Crippen LogP) is 4.02. The Morgan fingerprint density at radius 1 is 1.44 bits per heavy atom. The molecule has 1 aromatic heterocycles. The molecule has 1 aromatic carbocycles. The van der Waals surface area contributed by atoms with Crippen molar-refractivity contribution in [2.45, 2.75) is 30.5 Å². The summed E-state index contributed by atoms with van der Waals surface area (Å²) in [6.07, 6.45) is 1.98. The van der Waals surface area contributed by atoms with Crippen molar-refractivity contribution in [3.8, 4) is 0 Å². The molecule has 0 aliphatic rings. The van der Waals surface area contributed by atoms with E-state index in [1.165, 1.54) is 20.3 Å². The van der Waals surface area contributed by atoms with Crippen molar-refractivity contribution in [2.75, 3.05) is 7.05 Å². The molecule has 1 N–H and O–H groups in total. The lowest BCUT2D eigenvalue weighted by atomic mass is 10.2. The van der Waals surface area contributed by atoms with Crippen molar-refractivity contribution in [1.82, 2.24) is 10.3 Å². The van der Waals surface area contributed by atoms with Gasteiger partial charge in [0.15, 0.2) is 0 Å². The van der Waals surface area contributed by atoms with E-state index in [1.54, 1.807) is 11.3 Å². The normalized spacial score (nSPS) is 12.6. The van der Waals surface area contributed by atoms with Crippen molar-refractivity contribution >= 4 is 23.1 Å². The number of rotatable bonds is 5. The summed E-state index contributed by atoms with van der Waals surface area (Å²) in [6, 6.07) is 8.99. The Labute approximate surface area is 117 Å². The lowest BCUT2D eigenvalue weighted by molar-refractivity contribution is 0.662. The molecular weight excluding hydrogens is 260 g/mol. The highest BCUT2D eigenvalue weighted by molar-refractivity contribution is 7.98. The zero-order chi connectivity index (χ0) is 13.0. The van der Waals surface area contributed by atoms with Crippen molar-refractivity contribution in [3.63, 3.8) is 0 Å². The average molecular weight is 278 g/mol. The highest BCUT2D eigenvalue weighted by Crippen LogP contribution is 2.27. The molecule has 0 spiro atoms. The number of aromatic nitrogens is 1. The van der Waals surface area contributed by atoms with E-state index in [9.17, 15) is 0 Å². The summed E-state index contributed by atoms with van der Waals surface area (Å²) in [5.41, 5.74) is 1.31. The third-order valence-electron chi connectivity index (χ3n) is 2.78. The van der Waals surface area contributed by atoms with E-state index in [-0.39, 0.29) is 0 Å². The van der Waals surface area contributed by atoms with E-state index in [2.05, 4.69) is 48.4 Å². The molecule has 0 fully saturated rings. The van der Waals surface area contributed by atoms with Crippen LogP contribution < -0.4 is 5.32 Å². The summed E-state index contributed by atoms with van der Waals surface area (Å²) < 4.78 is 0. The smallest absolute Gasteiger partial charge is 0.103 e. The van der Waals surface area contributed by atoms with Gasteiger partial charge >= 0.3 is 0 Å². The van der Waals surface area contributed by atoms with E-state index >= 15 is 0 Å². The average Bonchev–Trinajstić information content (AvgIpc) is 2.84. The van der Waals surface area contributed by atoms with Crippen LogP contribution >= 0.6 is 23.1 Å². The topological polar surface area (TPSA) is 24.9 Å². The van der Waals surface area contributed by atoms with E-state index in [4.69, 9.17) is 0 Å². The molecule has 1 heterocycles. The van der Waals surface area contributed by atoms with Gasteiger partial charge in [0.05, 0.1) is 5.75 Å². The number of hydrogen-bond donors (Lipinski definition) is 1. The first-order valence-corrected chi connectivity index (χ1v) is 7.80. The van der Waals surface area contributed by atoms with Crippen molar-refractivity contribution in [3.05, 3.63) is 45.9 Å². The van der Waals surface area contributed by atoms with Crippen LogP contribution in [-0.2, 0) is 5.75 Å². The Hall–Kier alpha value is -0.840. The van der Waals surface area contributed by atoms with Gasteiger partial charge in [-0.2, -0.15) is 0 Å². The number of nitrogens with zero attached hydrogens (tertiary/aromatic N) is 1. The maximum absolute atomic E-state index is 4.48. The van der Waals surface area contributed by atoms with E-state index in [1.807, 2.05) is 25.0 Å². The first-order valence-electron chi connectivity index (χ1n) is 6.00. The fourth-order valence-corrected chi connectivity index (χ4v) is 3.58. The van der Waals surface area contributed by atoms with Crippen molar-refractivity contribution in [1.29, 1.82) is 0 Å². The van der Waals surface area contributed by atoms with Crippen LogP contribution in [0.3, 0.4) is 0 Å². The quantitative estimate of drug-likeness (QED) is 0.836. The first kappa shape index (κ1) is 13.6. The third-order valence-corrected chi connectivity index (χ3v) is 5.15. The molecule has 18 heavy (non-hydrogen) atoms. The molecule has 4 heteroatoms. The van der Waals surface area contributed by atoms with Gasteiger partial charge in [-0.15, -0.1) is 23.1 Å². The van der Waals surface area contributed by atoms with Gasteiger partial charge in [0, 0.05) is 22.0 Å². The second-order valence-electron chi connectivity index (χ2n) is 4.27. The maximum Gasteiger partial charge on any atom is 0.103 e. The lowest BCUT2D eigenvalue weighted by Gasteiger charge is -2.04. The SMILES string of the molecule is CNC(C)c1cnc(CSc2cccc(C)c2)s1. The molecule has 0 radical (unpaired) electrons. The van der Waals surface area contributed by atoms with Gasteiger partial charge in [-0.3, -0.25) is 0 Å². The molecule has 0 bridgehead atoms. The minimum Gasteiger partial charge on any atom is -0.312 e. The molecular formula is C14H18N2S2. The highest BCUT2D eigenvalue weighted by atomic mass is 32.2. The molecule has 0 aliphatic carbocycles. The standard InChI is InChI=1S/C14H18N2S2/c1-10-5-4-6-12(7-10)17-9-14-16-8-13(18-14)11(2)15-3/h4-8,11,15H,9H2,1-3H3. The zero-order valence-electron chi connectivity index (χ0n) is 10.9. The Morgan fingerprint density at radius 2 is 2.28 bits per heavy atom. The van der Waals surface area contributed by atoms with Crippen LogP contribution in [0.5, 0.6) is 0 Å². The van der Waals surface area contributed by atoms with Crippen molar-refractivity contribution < 1.29 is 0 Å². The summed E-state index contributed by atoms with van der Waals surface area (Å²) in [6.45, 7) is 4.28. The minimum atomic E-state index is 0.389. The van der Waals surface area contributed by atoms with E-state index in [0.717, 1.165) is 5.75 Å². The molecule has 2 rings (SSSR count). The van der Waals surface area contributed by atoms with E-state index < -0.39 is 0 Å². The largest absolute Gasteiger partial charge is 0.312 e. The molecule has 2 aromatic rings. The molecule has 1 unspecified atom stereocenters. The van der Waals surface area contributed by atoms with Crippen LogP contribution in [0.4, 0.5) is 0 Å². The van der Waals surface area contributed by atoms with Gasteiger partial charge in [0.1, 0.15) is 5.01 Å². The summed E-state index contributed by atoms with van der Waals surface area (Å²) in [5, 5.41) is 4.43. The van der Waals surface area contributed by atoms with Gasteiger partial charge in [-0.1, -0.05) is 17.7 Å². The van der Waals surface area contributed by atoms with E-state index in [0.29, 0.717) is 6.04 Å². The monoisotopic (exact) mass is 278 g/mol. The van der Waals surface area contributed by atoms with Crippen molar-refractivity contribution in [2.24, 2.45) is 0 Å². The molecule has 1 atom stereocenters. The van der Waals surface area contributed by atoms with Crippen LogP contribution in [0, 0.1) is 6.92 Å². The summed E-state index contributed by atoms with van der Waals surface area (Å²) in [4.78, 5) is 7.10. The van der Waals surface area contributed by atoms with Gasteiger partial charge in [-0.25, -0.2) is 4.98 Å². The second kappa shape index (κ2) is 6.36. The van der Waals surface area contributed by atoms with Crippen LogP contribution in [0.25, 0.3) is 0 Å². The second-order valence-corrected chi connectivity index (χ2v) is 6.47. The number of thiazole rings is 1. The number of benzene rings is 1. The zero-order valence-corrected chi connectivity index (χ0v) is 12.6. The van der Waals surface area contributed by atoms with Crippen LogP contribution in [0.1, 0.15) is 28.4 Å². The summed E-state index contributed by atoms with van der Waals surface area (Å²) in [7, 11) is 1.98. The third kappa shape index (κ3) is 3.57. The summed E-state index contributed by atoms with van der Waals surface area (Å²) in [5.74, 6) is 0.949. The molecule has 96 valence electrons. The number of thioether (sulfide) groups is 1. The van der Waals surface area contributed by atoms with Gasteiger partial charge < -0.3 is 5.32 Å². The fourth-order valence-electron chi connectivity index (χ4n) is 1.58. The van der Waals surface area contributed by atoms with Gasteiger partial charge in [0.2, 0.25) is 0 Å². The lowest BCUT2D eigenvalue weighted by Crippen LogP contribution is -2.10. The Morgan fingerprint density at radius 3 is 3.00 bits per heavy atom. The molecule has 0 aliphatic heterocycles. The number of nitrogens with one attached hydrogen (secondary N) is 1. The maximum atomic E-state index is 4.48. The first-order chi connectivity index (χ1) is 8.69. The Kier molecular flexibility index (Phi) is 4.80. The Bertz CT molecular complexity index is 508.